The zero-order valence-electron chi connectivity index (χ0n) is 13.8. The summed E-state index contributed by atoms with van der Waals surface area (Å²) < 4.78 is 40.5. The molecule has 1 aromatic heterocycles. The smallest absolute Gasteiger partial charge is 0.353 e. The third-order valence-corrected chi connectivity index (χ3v) is 5.16. The van der Waals surface area contributed by atoms with Crippen molar-refractivity contribution in [1.29, 1.82) is 0 Å². The molecule has 3 aromatic rings. The third kappa shape index (κ3) is 3.56. The maximum Gasteiger partial charge on any atom is 0.417 e. The lowest BCUT2D eigenvalue weighted by molar-refractivity contribution is -0.137. The van der Waals surface area contributed by atoms with Gasteiger partial charge in [0.25, 0.3) is 0 Å². The Balaban J connectivity index is 2.26. The molecule has 0 aliphatic heterocycles. The average molecular weight is 401 g/mol. The van der Waals surface area contributed by atoms with E-state index in [1.165, 1.54) is 12.1 Å². The molecule has 1 heterocycles. The summed E-state index contributed by atoms with van der Waals surface area (Å²) >= 11 is 12.4. The van der Waals surface area contributed by atoms with Gasteiger partial charge in [-0.1, -0.05) is 47.5 Å². The van der Waals surface area contributed by atoms with Gasteiger partial charge in [-0.3, -0.25) is 0 Å². The van der Waals surface area contributed by atoms with Gasteiger partial charge in [0.1, 0.15) is 0 Å². The molecule has 0 spiro atoms. The highest BCUT2D eigenvalue weighted by Crippen LogP contribution is 2.42. The number of H-pyrrole nitrogens is 1. The minimum atomic E-state index is -4.45. The Hall–Kier alpha value is -1.69. The second-order valence-corrected chi connectivity index (χ2v) is 6.84. The quantitative estimate of drug-likeness (QED) is 0.475. The van der Waals surface area contributed by atoms with Gasteiger partial charge >= 0.3 is 6.18 Å². The van der Waals surface area contributed by atoms with Crippen molar-refractivity contribution in [3.8, 4) is 11.3 Å². The van der Waals surface area contributed by atoms with Crippen molar-refractivity contribution in [2.24, 2.45) is 5.73 Å². The van der Waals surface area contributed by atoms with Gasteiger partial charge in [-0.15, -0.1) is 0 Å². The largest absolute Gasteiger partial charge is 0.417 e. The Labute approximate surface area is 159 Å². The van der Waals surface area contributed by atoms with Gasteiger partial charge in [0.15, 0.2) is 0 Å². The van der Waals surface area contributed by atoms with Crippen LogP contribution in [0.4, 0.5) is 13.2 Å². The molecule has 2 nitrogen and oxygen atoms in total. The van der Waals surface area contributed by atoms with E-state index in [0.717, 1.165) is 29.9 Å². The van der Waals surface area contributed by atoms with E-state index < -0.39 is 11.7 Å². The highest BCUT2D eigenvalue weighted by atomic mass is 35.5. The molecule has 0 aliphatic carbocycles. The van der Waals surface area contributed by atoms with Gasteiger partial charge in [0, 0.05) is 10.9 Å². The van der Waals surface area contributed by atoms with E-state index in [9.17, 15) is 13.2 Å². The van der Waals surface area contributed by atoms with Gasteiger partial charge < -0.3 is 10.7 Å². The molecule has 0 amide bonds. The normalized spacial score (nSPS) is 12.1. The maximum absolute atomic E-state index is 13.5. The average Bonchev–Trinajstić information content (AvgIpc) is 2.97. The first-order valence-corrected chi connectivity index (χ1v) is 8.95. The SMILES string of the molecule is NCCCCc1c(-c2ccccc2C(F)(F)F)[nH]c2c(Cl)c(Cl)ccc12. The number of aryl methyl sites for hydroxylation is 1. The molecular weight excluding hydrogens is 384 g/mol. The van der Waals surface area contributed by atoms with Crippen LogP contribution in [0.3, 0.4) is 0 Å². The van der Waals surface area contributed by atoms with Crippen molar-refractivity contribution in [1.82, 2.24) is 4.98 Å². The third-order valence-electron chi connectivity index (χ3n) is 4.35. The molecule has 0 fully saturated rings. The van der Waals surface area contributed by atoms with Crippen LogP contribution in [0.2, 0.25) is 10.0 Å². The van der Waals surface area contributed by atoms with E-state index in [0.29, 0.717) is 34.2 Å². The summed E-state index contributed by atoms with van der Waals surface area (Å²) in [6.45, 7) is 0.531. The number of aromatic amines is 1. The van der Waals surface area contributed by atoms with Gasteiger partial charge in [-0.05, 0) is 43.5 Å². The van der Waals surface area contributed by atoms with Crippen molar-refractivity contribution in [3.63, 3.8) is 0 Å². The van der Waals surface area contributed by atoms with Crippen LogP contribution in [0.5, 0.6) is 0 Å². The standard InChI is InChI=1S/C19H17Cl2F3N2/c20-15-9-8-12-11(5-3-4-10-25)17(26-18(12)16(15)21)13-6-1-2-7-14(13)19(22,23)24/h1-2,6-9,26H,3-5,10,25H2. The molecule has 3 N–H and O–H groups in total. The molecule has 0 radical (unpaired) electrons. The number of nitrogens with two attached hydrogens (primary N) is 1. The predicted octanol–water partition coefficient (Wildman–Crippen LogP) is 6.44. The molecule has 0 saturated heterocycles. The van der Waals surface area contributed by atoms with Crippen molar-refractivity contribution >= 4 is 34.1 Å². The summed E-state index contributed by atoms with van der Waals surface area (Å²) in [5.41, 5.74) is 6.75. The zero-order valence-corrected chi connectivity index (χ0v) is 15.3. The number of aromatic nitrogens is 1. The summed E-state index contributed by atoms with van der Waals surface area (Å²) in [6.07, 6.45) is -2.31. The molecule has 3 rings (SSSR count). The number of halogens is 5. The second kappa shape index (κ2) is 7.51. The Morgan fingerprint density at radius 1 is 1.00 bits per heavy atom. The summed E-state index contributed by atoms with van der Waals surface area (Å²) in [6, 6.07) is 8.97. The van der Waals surface area contributed by atoms with E-state index in [2.05, 4.69) is 4.98 Å². The van der Waals surface area contributed by atoms with Crippen LogP contribution in [0.15, 0.2) is 36.4 Å². The molecule has 0 atom stereocenters. The lowest BCUT2D eigenvalue weighted by atomic mass is 9.97. The molecule has 26 heavy (non-hydrogen) atoms. The number of rotatable bonds is 5. The number of hydrogen-bond acceptors (Lipinski definition) is 1. The number of unbranched alkanes of at least 4 members (excludes halogenated alkanes) is 1. The fourth-order valence-corrected chi connectivity index (χ4v) is 3.51. The Bertz CT molecular complexity index is 932. The number of nitrogens with one attached hydrogen (secondary N) is 1. The predicted molar refractivity (Wildman–Crippen MR) is 101 cm³/mol. The number of alkyl halides is 3. The molecule has 7 heteroatoms. The zero-order chi connectivity index (χ0) is 18.9. The molecule has 0 saturated carbocycles. The monoisotopic (exact) mass is 400 g/mol. The van der Waals surface area contributed by atoms with Crippen molar-refractivity contribution in [2.45, 2.75) is 25.4 Å². The minimum Gasteiger partial charge on any atom is -0.353 e. The minimum absolute atomic E-state index is 0.103. The van der Waals surface area contributed by atoms with E-state index in [1.54, 1.807) is 18.2 Å². The lowest BCUT2D eigenvalue weighted by Crippen LogP contribution is -2.07. The first-order chi connectivity index (χ1) is 12.3. The molecule has 0 bridgehead atoms. The maximum atomic E-state index is 13.5. The van der Waals surface area contributed by atoms with Crippen LogP contribution in [-0.2, 0) is 12.6 Å². The molecule has 0 aliphatic rings. The van der Waals surface area contributed by atoms with Crippen molar-refractivity contribution < 1.29 is 13.2 Å². The summed E-state index contributed by atoms with van der Waals surface area (Å²) in [5.74, 6) is 0. The van der Waals surface area contributed by atoms with Gasteiger partial charge in [-0.25, -0.2) is 0 Å². The van der Waals surface area contributed by atoms with Gasteiger partial charge in [0.2, 0.25) is 0 Å². The molecular formula is C19H17Cl2F3N2. The fourth-order valence-electron chi connectivity index (χ4n) is 3.14. The fraction of sp³-hybridized carbons (Fsp3) is 0.263. The van der Waals surface area contributed by atoms with E-state index in [-0.39, 0.29) is 5.56 Å². The Kier molecular flexibility index (Phi) is 5.51. The van der Waals surface area contributed by atoms with Gasteiger partial charge in [-0.2, -0.15) is 13.2 Å². The molecule has 0 unspecified atom stereocenters. The summed E-state index contributed by atoms with van der Waals surface area (Å²) in [5, 5.41) is 1.44. The first-order valence-electron chi connectivity index (χ1n) is 8.19. The van der Waals surface area contributed by atoms with E-state index in [4.69, 9.17) is 28.9 Å². The number of hydrogen-bond donors (Lipinski definition) is 2. The van der Waals surface area contributed by atoms with Gasteiger partial charge in [0.05, 0.1) is 26.8 Å². The Morgan fingerprint density at radius 2 is 1.73 bits per heavy atom. The number of fused-ring (bicyclic) bond motifs is 1. The van der Waals surface area contributed by atoms with E-state index in [1.807, 2.05) is 0 Å². The number of benzene rings is 2. The van der Waals surface area contributed by atoms with Crippen molar-refractivity contribution in [2.75, 3.05) is 6.54 Å². The van der Waals surface area contributed by atoms with Crippen LogP contribution >= 0.6 is 23.2 Å². The van der Waals surface area contributed by atoms with Crippen LogP contribution in [0, 0.1) is 0 Å². The summed E-state index contributed by atoms with van der Waals surface area (Å²) in [7, 11) is 0. The van der Waals surface area contributed by atoms with Crippen LogP contribution in [0.1, 0.15) is 24.0 Å². The highest BCUT2D eigenvalue weighted by Gasteiger charge is 2.34. The molecule has 2 aromatic carbocycles. The topological polar surface area (TPSA) is 41.8 Å². The highest BCUT2D eigenvalue weighted by molar-refractivity contribution is 6.45. The van der Waals surface area contributed by atoms with E-state index >= 15 is 0 Å². The first kappa shape index (κ1) is 19.1. The van der Waals surface area contributed by atoms with Crippen LogP contribution < -0.4 is 5.73 Å². The second-order valence-electron chi connectivity index (χ2n) is 6.05. The summed E-state index contributed by atoms with van der Waals surface area (Å²) in [4.78, 5) is 3.08. The van der Waals surface area contributed by atoms with Crippen LogP contribution in [-0.4, -0.2) is 11.5 Å². The molecule has 138 valence electrons. The van der Waals surface area contributed by atoms with Crippen molar-refractivity contribution in [3.05, 3.63) is 57.6 Å². The van der Waals surface area contributed by atoms with Crippen LogP contribution in [0.25, 0.3) is 22.2 Å². The lowest BCUT2D eigenvalue weighted by Gasteiger charge is -2.13. The Morgan fingerprint density at radius 3 is 2.42 bits per heavy atom.